The number of likely N-dealkylation sites (tertiary alicyclic amines) is 1. The summed E-state index contributed by atoms with van der Waals surface area (Å²) in [6.45, 7) is 4.07. The van der Waals surface area contributed by atoms with Crippen LogP contribution in [0.1, 0.15) is 5.56 Å². The minimum atomic E-state index is -0.0447. The van der Waals surface area contributed by atoms with E-state index in [9.17, 15) is 4.79 Å². The summed E-state index contributed by atoms with van der Waals surface area (Å²) in [6.07, 6.45) is 0. The molecule has 1 heterocycles. The summed E-state index contributed by atoms with van der Waals surface area (Å²) in [5.41, 5.74) is 1.75. The van der Waals surface area contributed by atoms with Crippen LogP contribution in [0.15, 0.2) is 18.2 Å². The zero-order valence-corrected chi connectivity index (χ0v) is 11.1. The topological polar surface area (TPSA) is 52.6 Å². The van der Waals surface area contributed by atoms with E-state index in [0.29, 0.717) is 17.5 Å². The van der Waals surface area contributed by atoms with E-state index < -0.39 is 0 Å². The van der Waals surface area contributed by atoms with Crippen LogP contribution in [0, 0.1) is 12.8 Å². The minimum Gasteiger partial charge on any atom is -0.396 e. The molecular formula is C13H17ClN2O2. The Kier molecular flexibility index (Phi) is 4.22. The van der Waals surface area contributed by atoms with E-state index in [1.54, 1.807) is 12.1 Å². The summed E-state index contributed by atoms with van der Waals surface area (Å²) < 4.78 is 0. The zero-order chi connectivity index (χ0) is 13.1. The van der Waals surface area contributed by atoms with Crippen LogP contribution < -0.4 is 5.32 Å². The molecule has 1 aromatic rings. The Labute approximate surface area is 112 Å². The lowest BCUT2D eigenvalue weighted by atomic mass is 10.0. The first-order valence-corrected chi connectivity index (χ1v) is 6.35. The lowest BCUT2D eigenvalue weighted by Gasteiger charge is -2.37. The van der Waals surface area contributed by atoms with Gasteiger partial charge in [0, 0.05) is 36.3 Å². The van der Waals surface area contributed by atoms with Crippen molar-refractivity contribution in [3.63, 3.8) is 0 Å². The quantitative estimate of drug-likeness (QED) is 0.870. The van der Waals surface area contributed by atoms with E-state index >= 15 is 0 Å². The molecule has 0 aromatic heterocycles. The van der Waals surface area contributed by atoms with Crippen molar-refractivity contribution in [3.8, 4) is 0 Å². The molecule has 1 aliphatic heterocycles. The third-order valence-corrected chi connectivity index (χ3v) is 3.37. The van der Waals surface area contributed by atoms with Gasteiger partial charge in [-0.15, -0.1) is 0 Å². The van der Waals surface area contributed by atoms with E-state index in [0.717, 1.165) is 24.3 Å². The van der Waals surface area contributed by atoms with Crippen LogP contribution in [-0.2, 0) is 4.79 Å². The summed E-state index contributed by atoms with van der Waals surface area (Å²) in [7, 11) is 0. The highest BCUT2D eigenvalue weighted by atomic mass is 35.5. The third kappa shape index (κ3) is 3.22. The number of benzene rings is 1. The number of rotatable bonds is 4. The van der Waals surface area contributed by atoms with Gasteiger partial charge in [-0.1, -0.05) is 17.7 Å². The molecule has 1 fully saturated rings. The van der Waals surface area contributed by atoms with E-state index in [1.165, 1.54) is 0 Å². The fraction of sp³-hybridized carbons (Fsp3) is 0.462. The Morgan fingerprint density at radius 3 is 2.94 bits per heavy atom. The number of hydrogen-bond donors (Lipinski definition) is 2. The average molecular weight is 269 g/mol. The Hall–Kier alpha value is -1.10. The number of amides is 1. The average Bonchev–Trinajstić information content (AvgIpc) is 2.28. The molecule has 5 heteroatoms. The second-order valence-electron chi connectivity index (χ2n) is 4.75. The number of aliphatic hydroxyl groups excluding tert-OH is 1. The van der Waals surface area contributed by atoms with E-state index in [2.05, 4.69) is 5.32 Å². The summed E-state index contributed by atoms with van der Waals surface area (Å²) >= 11 is 5.89. The molecule has 0 bridgehead atoms. The van der Waals surface area contributed by atoms with E-state index in [-0.39, 0.29) is 12.5 Å². The number of halogens is 1. The fourth-order valence-electron chi connectivity index (χ4n) is 2.04. The first-order valence-electron chi connectivity index (χ1n) is 5.97. The highest BCUT2D eigenvalue weighted by Crippen LogP contribution is 2.20. The van der Waals surface area contributed by atoms with E-state index in [1.807, 2.05) is 17.9 Å². The Balaban J connectivity index is 1.86. The van der Waals surface area contributed by atoms with Gasteiger partial charge >= 0.3 is 0 Å². The van der Waals surface area contributed by atoms with Gasteiger partial charge in [-0.3, -0.25) is 9.69 Å². The Bertz CT molecular complexity index is 445. The predicted octanol–water partition coefficient (Wildman–Crippen LogP) is 1.51. The molecule has 2 N–H and O–H groups in total. The predicted molar refractivity (Wildman–Crippen MR) is 71.8 cm³/mol. The molecule has 1 aromatic carbocycles. The monoisotopic (exact) mass is 268 g/mol. The van der Waals surface area contributed by atoms with Gasteiger partial charge < -0.3 is 10.4 Å². The van der Waals surface area contributed by atoms with Gasteiger partial charge in [0.05, 0.1) is 6.54 Å². The number of aryl methyl sites for hydroxylation is 1. The van der Waals surface area contributed by atoms with Gasteiger partial charge in [0.1, 0.15) is 0 Å². The molecule has 98 valence electrons. The minimum absolute atomic E-state index is 0.0447. The highest BCUT2D eigenvalue weighted by molar-refractivity contribution is 6.31. The normalized spacial score (nSPS) is 16.4. The third-order valence-electron chi connectivity index (χ3n) is 3.13. The smallest absolute Gasteiger partial charge is 0.238 e. The maximum Gasteiger partial charge on any atom is 0.238 e. The number of hydrogen-bond acceptors (Lipinski definition) is 3. The molecule has 0 aliphatic carbocycles. The van der Waals surface area contributed by atoms with Crippen LogP contribution in [0.3, 0.4) is 0 Å². The first-order chi connectivity index (χ1) is 8.58. The van der Waals surface area contributed by atoms with Crippen molar-refractivity contribution in [1.29, 1.82) is 0 Å². The largest absolute Gasteiger partial charge is 0.396 e. The van der Waals surface area contributed by atoms with Crippen molar-refractivity contribution in [3.05, 3.63) is 28.8 Å². The van der Waals surface area contributed by atoms with Crippen molar-refractivity contribution in [2.45, 2.75) is 6.92 Å². The van der Waals surface area contributed by atoms with Crippen LogP contribution in [0.5, 0.6) is 0 Å². The summed E-state index contributed by atoms with van der Waals surface area (Å²) in [5, 5.41) is 12.4. The van der Waals surface area contributed by atoms with Crippen molar-refractivity contribution >= 4 is 23.2 Å². The maximum absolute atomic E-state index is 11.8. The van der Waals surface area contributed by atoms with Crippen LogP contribution in [-0.4, -0.2) is 42.2 Å². The van der Waals surface area contributed by atoms with E-state index in [4.69, 9.17) is 16.7 Å². The molecule has 0 atom stereocenters. The lowest BCUT2D eigenvalue weighted by molar-refractivity contribution is -0.119. The number of anilines is 1. The molecule has 0 spiro atoms. The van der Waals surface area contributed by atoms with Gasteiger partial charge in [0.2, 0.25) is 5.91 Å². The summed E-state index contributed by atoms with van der Waals surface area (Å²) in [6, 6.07) is 5.43. The zero-order valence-electron chi connectivity index (χ0n) is 10.3. The van der Waals surface area contributed by atoms with Gasteiger partial charge in [0.15, 0.2) is 0 Å². The summed E-state index contributed by atoms with van der Waals surface area (Å²) in [5.74, 6) is 0.280. The van der Waals surface area contributed by atoms with Crippen LogP contribution in [0.2, 0.25) is 5.02 Å². The van der Waals surface area contributed by atoms with Crippen LogP contribution >= 0.6 is 11.6 Å². The van der Waals surface area contributed by atoms with Crippen molar-refractivity contribution in [1.82, 2.24) is 4.90 Å². The molecule has 0 radical (unpaired) electrons. The number of nitrogens with one attached hydrogen (secondary N) is 1. The second-order valence-corrected chi connectivity index (χ2v) is 5.19. The first kappa shape index (κ1) is 13.3. The van der Waals surface area contributed by atoms with Gasteiger partial charge in [0.25, 0.3) is 0 Å². The Morgan fingerprint density at radius 2 is 2.28 bits per heavy atom. The molecule has 0 unspecified atom stereocenters. The molecule has 18 heavy (non-hydrogen) atoms. The van der Waals surface area contributed by atoms with Crippen molar-refractivity contribution in [2.75, 3.05) is 31.6 Å². The van der Waals surface area contributed by atoms with Gasteiger partial charge in [-0.25, -0.2) is 0 Å². The standard InChI is InChI=1S/C13H17ClN2O2/c1-9-2-3-11(14)4-12(9)15-13(18)7-16-5-10(6-16)8-17/h2-4,10,17H,5-8H2,1H3,(H,15,18). The number of carbonyl (C=O) groups excluding carboxylic acids is 1. The Morgan fingerprint density at radius 1 is 1.56 bits per heavy atom. The second kappa shape index (κ2) is 5.69. The molecule has 2 rings (SSSR count). The fourth-order valence-corrected chi connectivity index (χ4v) is 2.22. The van der Waals surface area contributed by atoms with Crippen LogP contribution in [0.4, 0.5) is 5.69 Å². The van der Waals surface area contributed by atoms with Gasteiger partial charge in [-0.2, -0.15) is 0 Å². The number of nitrogens with zero attached hydrogens (tertiary/aromatic N) is 1. The van der Waals surface area contributed by atoms with Gasteiger partial charge in [-0.05, 0) is 24.6 Å². The molecule has 1 saturated heterocycles. The molecule has 4 nitrogen and oxygen atoms in total. The number of carbonyl (C=O) groups is 1. The highest BCUT2D eigenvalue weighted by Gasteiger charge is 2.27. The molecular weight excluding hydrogens is 252 g/mol. The lowest BCUT2D eigenvalue weighted by Crippen LogP contribution is -2.51. The van der Waals surface area contributed by atoms with Crippen molar-refractivity contribution < 1.29 is 9.90 Å². The molecule has 0 saturated carbocycles. The SMILES string of the molecule is Cc1ccc(Cl)cc1NC(=O)CN1CC(CO)C1. The molecule has 1 aliphatic rings. The molecule has 1 amide bonds. The summed E-state index contributed by atoms with van der Waals surface area (Å²) in [4.78, 5) is 13.8. The number of aliphatic hydroxyl groups is 1. The van der Waals surface area contributed by atoms with Crippen LogP contribution in [0.25, 0.3) is 0 Å². The van der Waals surface area contributed by atoms with Crippen molar-refractivity contribution in [2.24, 2.45) is 5.92 Å². The maximum atomic E-state index is 11.8.